The molecule has 0 aliphatic heterocycles. The highest BCUT2D eigenvalue weighted by Crippen LogP contribution is 2.42. The molecule has 1 aliphatic carbocycles. The van der Waals surface area contributed by atoms with E-state index in [9.17, 15) is 9.90 Å². The van der Waals surface area contributed by atoms with Crippen molar-refractivity contribution >= 4 is 17.4 Å². The lowest BCUT2D eigenvalue weighted by Crippen LogP contribution is -2.53. The lowest BCUT2D eigenvalue weighted by Gasteiger charge is -2.29. The number of aliphatic hydroxyl groups is 1. The van der Waals surface area contributed by atoms with Gasteiger partial charge in [0.05, 0.1) is 18.2 Å². The largest absolute Gasteiger partial charge is 0.394 e. The molecule has 0 radical (unpaired) electrons. The maximum absolute atomic E-state index is 12.3. The summed E-state index contributed by atoms with van der Waals surface area (Å²) in [5.74, 6) is 0.493. The van der Waals surface area contributed by atoms with Crippen LogP contribution in [0.25, 0.3) is 0 Å². The average Bonchev–Trinajstić information content (AvgIpc) is 3.18. The third kappa shape index (κ3) is 4.41. The molecule has 0 saturated heterocycles. The average molecular weight is 311 g/mol. The molecule has 2 atom stereocenters. The van der Waals surface area contributed by atoms with E-state index in [2.05, 4.69) is 15.6 Å². The molecular weight excluding hydrogens is 286 g/mol. The third-order valence-electron chi connectivity index (χ3n) is 3.85. The van der Waals surface area contributed by atoms with Gasteiger partial charge in [-0.2, -0.15) is 0 Å². The van der Waals surface area contributed by atoms with Crippen molar-refractivity contribution in [3.63, 3.8) is 0 Å². The third-order valence-corrected chi connectivity index (χ3v) is 4.85. The Morgan fingerprint density at radius 2 is 2.33 bits per heavy atom. The second-order valence-electron chi connectivity index (χ2n) is 6.19. The molecule has 1 heterocycles. The Hall–Kier alpha value is -1.14. The summed E-state index contributed by atoms with van der Waals surface area (Å²) in [6.07, 6.45) is 5.78. The fourth-order valence-corrected chi connectivity index (χ4v) is 3.43. The predicted molar refractivity (Wildman–Crippen MR) is 84.4 cm³/mol. The summed E-state index contributed by atoms with van der Waals surface area (Å²) in [5, 5.41) is 16.4. The highest BCUT2D eigenvalue weighted by molar-refractivity contribution is 7.11. The number of urea groups is 1. The van der Waals surface area contributed by atoms with Gasteiger partial charge in [-0.3, -0.25) is 0 Å². The van der Waals surface area contributed by atoms with Crippen LogP contribution in [0, 0.1) is 12.8 Å². The van der Waals surface area contributed by atoms with Crippen molar-refractivity contribution < 1.29 is 9.90 Å². The van der Waals surface area contributed by atoms with Crippen molar-refractivity contribution in [3.8, 4) is 0 Å². The highest BCUT2D eigenvalue weighted by Gasteiger charge is 2.36. The van der Waals surface area contributed by atoms with Crippen LogP contribution in [0.2, 0.25) is 0 Å². The van der Waals surface area contributed by atoms with Gasteiger partial charge in [-0.15, -0.1) is 11.3 Å². The smallest absolute Gasteiger partial charge is 0.315 e. The number of rotatable bonds is 7. The molecule has 2 amide bonds. The molecule has 2 unspecified atom stereocenters. The van der Waals surface area contributed by atoms with Crippen molar-refractivity contribution in [2.24, 2.45) is 5.92 Å². The van der Waals surface area contributed by atoms with E-state index >= 15 is 0 Å². The van der Waals surface area contributed by atoms with E-state index in [1.165, 1.54) is 0 Å². The number of hydrogen-bond donors (Lipinski definition) is 3. The van der Waals surface area contributed by atoms with Crippen LogP contribution in [0.1, 0.15) is 55.5 Å². The van der Waals surface area contributed by atoms with E-state index in [-0.39, 0.29) is 18.7 Å². The monoisotopic (exact) mass is 311 g/mol. The van der Waals surface area contributed by atoms with E-state index < -0.39 is 5.54 Å². The lowest BCUT2D eigenvalue weighted by molar-refractivity contribution is 0.161. The van der Waals surface area contributed by atoms with Gasteiger partial charge in [0.1, 0.15) is 5.01 Å². The molecule has 0 aromatic carbocycles. The Morgan fingerprint density at radius 3 is 2.81 bits per heavy atom. The summed E-state index contributed by atoms with van der Waals surface area (Å²) < 4.78 is 0. The Morgan fingerprint density at radius 1 is 1.62 bits per heavy atom. The number of amides is 2. The normalized spacial score (nSPS) is 18.9. The topological polar surface area (TPSA) is 74.2 Å². The van der Waals surface area contributed by atoms with Crippen LogP contribution < -0.4 is 10.6 Å². The molecule has 0 bridgehead atoms. The van der Waals surface area contributed by atoms with Gasteiger partial charge >= 0.3 is 6.03 Å². The minimum absolute atomic E-state index is 0.00623. The van der Waals surface area contributed by atoms with Crippen LogP contribution in [-0.4, -0.2) is 28.3 Å². The maximum Gasteiger partial charge on any atom is 0.315 e. The van der Waals surface area contributed by atoms with Crippen molar-refractivity contribution in [1.82, 2.24) is 15.6 Å². The molecule has 1 saturated carbocycles. The first-order chi connectivity index (χ1) is 9.97. The first-order valence-corrected chi connectivity index (χ1v) is 8.41. The van der Waals surface area contributed by atoms with Crippen molar-refractivity contribution in [2.45, 2.75) is 58.0 Å². The van der Waals surface area contributed by atoms with Crippen LogP contribution >= 0.6 is 11.3 Å². The van der Waals surface area contributed by atoms with E-state index in [0.29, 0.717) is 5.92 Å². The molecule has 21 heavy (non-hydrogen) atoms. The first-order valence-electron chi connectivity index (χ1n) is 7.59. The zero-order chi connectivity index (χ0) is 15.5. The van der Waals surface area contributed by atoms with Gasteiger partial charge in [-0.25, -0.2) is 9.78 Å². The Labute approximate surface area is 130 Å². The molecule has 3 N–H and O–H groups in total. The summed E-state index contributed by atoms with van der Waals surface area (Å²) in [5.41, 5.74) is -0.564. The molecule has 1 fully saturated rings. The molecule has 1 aromatic rings. The highest BCUT2D eigenvalue weighted by atomic mass is 32.1. The molecule has 5 nitrogen and oxygen atoms in total. The first kappa shape index (κ1) is 16.2. The SMILES string of the molecule is CCCC(C)(CO)NC(=O)NC(c1ncc(C)s1)C1CC1. The molecule has 6 heteroatoms. The summed E-state index contributed by atoms with van der Waals surface area (Å²) >= 11 is 1.64. The fourth-order valence-electron chi connectivity index (χ4n) is 2.51. The van der Waals surface area contributed by atoms with Gasteiger partial charge < -0.3 is 15.7 Å². The van der Waals surface area contributed by atoms with Crippen molar-refractivity contribution in [3.05, 3.63) is 16.1 Å². The zero-order valence-corrected chi connectivity index (χ0v) is 13.8. The number of carbonyl (C=O) groups excluding carboxylic acids is 1. The van der Waals surface area contributed by atoms with E-state index in [4.69, 9.17) is 0 Å². The van der Waals surface area contributed by atoms with Gasteiger partial charge in [0.2, 0.25) is 0 Å². The summed E-state index contributed by atoms with van der Waals surface area (Å²) in [7, 11) is 0. The number of aromatic nitrogens is 1. The fraction of sp³-hybridized carbons (Fsp3) is 0.733. The molecule has 1 aliphatic rings. The Kier molecular flexibility index (Phi) is 5.22. The summed E-state index contributed by atoms with van der Waals surface area (Å²) in [6.45, 7) is 5.88. The molecular formula is C15H25N3O2S. The quantitative estimate of drug-likeness (QED) is 0.725. The maximum atomic E-state index is 12.3. The molecule has 0 spiro atoms. The minimum Gasteiger partial charge on any atom is -0.394 e. The number of thiazole rings is 1. The number of nitrogens with zero attached hydrogens (tertiary/aromatic N) is 1. The van der Waals surface area contributed by atoms with E-state index in [1.54, 1.807) is 11.3 Å². The Balaban J connectivity index is 1.99. The zero-order valence-electron chi connectivity index (χ0n) is 13.0. The summed E-state index contributed by atoms with van der Waals surface area (Å²) in [6, 6.07) is -0.224. The molecule has 2 rings (SSSR count). The van der Waals surface area contributed by atoms with Crippen LogP contribution in [0.3, 0.4) is 0 Å². The van der Waals surface area contributed by atoms with Gasteiger partial charge in [0.25, 0.3) is 0 Å². The van der Waals surface area contributed by atoms with Crippen LogP contribution in [-0.2, 0) is 0 Å². The van der Waals surface area contributed by atoms with Gasteiger partial charge in [-0.05, 0) is 39.0 Å². The van der Waals surface area contributed by atoms with Gasteiger partial charge in [0.15, 0.2) is 0 Å². The van der Waals surface area contributed by atoms with Gasteiger partial charge in [0, 0.05) is 11.1 Å². The van der Waals surface area contributed by atoms with Crippen LogP contribution in [0.4, 0.5) is 4.79 Å². The number of aryl methyl sites for hydroxylation is 1. The van der Waals surface area contributed by atoms with E-state index in [0.717, 1.165) is 35.6 Å². The second-order valence-corrected chi connectivity index (χ2v) is 7.46. The molecule has 1 aromatic heterocycles. The summed E-state index contributed by atoms with van der Waals surface area (Å²) in [4.78, 5) is 17.8. The Bertz CT molecular complexity index is 487. The van der Waals surface area contributed by atoms with Crippen LogP contribution in [0.15, 0.2) is 6.20 Å². The standard InChI is InChI=1S/C15H25N3O2S/c1-4-7-15(3,9-19)18-14(20)17-12(11-5-6-11)13-16-8-10(2)21-13/h8,11-12,19H,4-7,9H2,1-3H3,(H2,17,18,20). The number of carbonyl (C=O) groups is 1. The molecule has 118 valence electrons. The minimum atomic E-state index is -0.564. The van der Waals surface area contributed by atoms with E-state index in [1.807, 2.05) is 27.0 Å². The number of hydrogen-bond acceptors (Lipinski definition) is 4. The van der Waals surface area contributed by atoms with Crippen molar-refractivity contribution in [1.29, 1.82) is 0 Å². The van der Waals surface area contributed by atoms with Gasteiger partial charge in [-0.1, -0.05) is 13.3 Å². The lowest BCUT2D eigenvalue weighted by atomic mass is 9.97. The van der Waals surface area contributed by atoms with Crippen LogP contribution in [0.5, 0.6) is 0 Å². The second kappa shape index (κ2) is 6.75. The van der Waals surface area contributed by atoms with Crippen molar-refractivity contribution in [2.75, 3.05) is 6.61 Å². The number of aliphatic hydroxyl groups excluding tert-OH is 1. The number of nitrogens with one attached hydrogen (secondary N) is 2. The predicted octanol–water partition coefficient (Wildman–Crippen LogP) is 2.75.